The minimum Gasteiger partial charge on any atom is -0.375 e. The molecular formula is C18H15F2N5O2S. The molecule has 3 aromatic rings. The van der Waals surface area contributed by atoms with Crippen LogP contribution in [-0.2, 0) is 6.42 Å². The van der Waals surface area contributed by atoms with Crippen molar-refractivity contribution < 1.29 is 18.4 Å². The second-order valence-electron chi connectivity index (χ2n) is 5.69. The first kappa shape index (κ1) is 19.4. The molecule has 0 aliphatic rings. The second kappa shape index (κ2) is 8.09. The molecule has 7 nitrogen and oxygen atoms in total. The van der Waals surface area contributed by atoms with Crippen LogP contribution in [0.1, 0.15) is 32.5 Å². The van der Waals surface area contributed by atoms with Crippen LogP contribution in [0.2, 0.25) is 0 Å². The quantitative estimate of drug-likeness (QED) is 0.604. The van der Waals surface area contributed by atoms with Gasteiger partial charge in [0, 0.05) is 12.3 Å². The Hall–Kier alpha value is -3.40. The van der Waals surface area contributed by atoms with Gasteiger partial charge in [0.2, 0.25) is 0 Å². The number of thiazole rings is 1. The third-order valence-corrected chi connectivity index (χ3v) is 4.60. The number of carbonyl (C=O) groups excluding carboxylic acids is 2. The van der Waals surface area contributed by atoms with Crippen molar-refractivity contribution in [2.45, 2.75) is 13.3 Å². The highest BCUT2D eigenvalue weighted by Crippen LogP contribution is 2.23. The van der Waals surface area contributed by atoms with Gasteiger partial charge in [0.1, 0.15) is 22.3 Å². The molecule has 2 aromatic heterocycles. The lowest BCUT2D eigenvalue weighted by Crippen LogP contribution is -2.17. The summed E-state index contributed by atoms with van der Waals surface area (Å²) < 4.78 is 28.2. The van der Waals surface area contributed by atoms with E-state index in [1.807, 2.05) is 6.92 Å². The number of rotatable bonds is 5. The lowest BCUT2D eigenvalue weighted by molar-refractivity contribution is 0.101. The third kappa shape index (κ3) is 4.29. The Kier molecular flexibility index (Phi) is 5.59. The zero-order valence-electron chi connectivity index (χ0n) is 14.6. The summed E-state index contributed by atoms with van der Waals surface area (Å²) in [5.74, 6) is -3.38. The number of nitrogens with one attached hydrogen (secondary N) is 2. The van der Waals surface area contributed by atoms with E-state index in [2.05, 4.69) is 20.6 Å². The Morgan fingerprint density at radius 3 is 2.46 bits per heavy atom. The third-order valence-electron chi connectivity index (χ3n) is 3.77. The van der Waals surface area contributed by atoms with Crippen LogP contribution in [0.15, 0.2) is 36.7 Å². The Labute approximate surface area is 162 Å². The zero-order valence-corrected chi connectivity index (χ0v) is 15.4. The predicted octanol–water partition coefficient (Wildman–Crippen LogP) is 3.47. The number of pyridine rings is 1. The zero-order chi connectivity index (χ0) is 20.3. The van der Waals surface area contributed by atoms with Crippen LogP contribution in [0, 0.1) is 11.6 Å². The molecule has 0 saturated carbocycles. The Morgan fingerprint density at radius 1 is 1.07 bits per heavy atom. The molecular weight excluding hydrogens is 388 g/mol. The van der Waals surface area contributed by atoms with Crippen LogP contribution in [-0.4, -0.2) is 21.8 Å². The van der Waals surface area contributed by atoms with Gasteiger partial charge in [-0.1, -0.05) is 24.3 Å². The number of aromatic nitrogens is 2. The van der Waals surface area contributed by atoms with E-state index in [1.54, 1.807) is 18.3 Å². The van der Waals surface area contributed by atoms with Gasteiger partial charge in [-0.15, -0.1) is 0 Å². The standard InChI is InChI=1S/C18H15F2N5O2S/c1-2-9-3-4-15(22-7-9)25-16(26)10-5-13(12(20)6-11(10)19)24-17(27)14-8-23-18(21)28-14/h3-8H,2H2,1H3,(H2,21,23)(H,24,27)(H,22,25,26). The minimum absolute atomic E-state index is 0.146. The number of benzene rings is 1. The fourth-order valence-electron chi connectivity index (χ4n) is 2.29. The monoisotopic (exact) mass is 403 g/mol. The minimum atomic E-state index is -1.07. The average molecular weight is 403 g/mol. The highest BCUT2D eigenvalue weighted by Gasteiger charge is 2.19. The lowest BCUT2D eigenvalue weighted by Gasteiger charge is -2.10. The first-order valence-electron chi connectivity index (χ1n) is 8.15. The van der Waals surface area contributed by atoms with Crippen molar-refractivity contribution in [3.05, 3.63) is 64.3 Å². The van der Waals surface area contributed by atoms with Crippen LogP contribution in [0.25, 0.3) is 0 Å². The predicted molar refractivity (Wildman–Crippen MR) is 102 cm³/mol. The summed E-state index contributed by atoms with van der Waals surface area (Å²) in [6.07, 6.45) is 3.60. The molecule has 3 rings (SSSR count). The van der Waals surface area contributed by atoms with E-state index in [-0.39, 0.29) is 21.5 Å². The molecule has 144 valence electrons. The molecule has 0 saturated heterocycles. The smallest absolute Gasteiger partial charge is 0.267 e. The van der Waals surface area contributed by atoms with Gasteiger partial charge in [0.05, 0.1) is 17.4 Å². The number of hydrogen-bond acceptors (Lipinski definition) is 6. The number of nitrogens with two attached hydrogens (primary N) is 1. The normalized spacial score (nSPS) is 10.5. The molecule has 0 aliphatic carbocycles. The van der Waals surface area contributed by atoms with E-state index in [0.717, 1.165) is 29.4 Å². The van der Waals surface area contributed by atoms with Gasteiger partial charge in [-0.05, 0) is 24.1 Å². The van der Waals surface area contributed by atoms with Crippen LogP contribution in [0.3, 0.4) is 0 Å². The molecule has 0 fully saturated rings. The summed E-state index contributed by atoms with van der Waals surface area (Å²) in [5, 5.41) is 4.89. The van der Waals surface area contributed by atoms with Crippen LogP contribution in [0.4, 0.5) is 25.4 Å². The van der Waals surface area contributed by atoms with Gasteiger partial charge >= 0.3 is 0 Å². The fourth-order valence-corrected chi connectivity index (χ4v) is 2.87. The maximum absolute atomic E-state index is 14.1. The number of halogens is 2. The number of nitrogen functional groups attached to an aromatic ring is 1. The van der Waals surface area contributed by atoms with Crippen molar-refractivity contribution in [2.75, 3.05) is 16.4 Å². The second-order valence-corrected chi connectivity index (χ2v) is 6.75. The number of aryl methyl sites for hydroxylation is 1. The lowest BCUT2D eigenvalue weighted by atomic mass is 10.1. The summed E-state index contributed by atoms with van der Waals surface area (Å²) in [4.78, 5) is 32.4. The van der Waals surface area contributed by atoms with Crippen molar-refractivity contribution in [1.82, 2.24) is 9.97 Å². The van der Waals surface area contributed by atoms with E-state index in [1.165, 1.54) is 6.20 Å². The van der Waals surface area contributed by atoms with Crippen LogP contribution in [0.5, 0.6) is 0 Å². The van der Waals surface area contributed by atoms with Gasteiger partial charge in [-0.2, -0.15) is 0 Å². The molecule has 1 aromatic carbocycles. The van der Waals surface area contributed by atoms with E-state index in [9.17, 15) is 18.4 Å². The summed E-state index contributed by atoms with van der Waals surface area (Å²) in [6, 6.07) is 4.80. The Balaban J connectivity index is 1.81. The van der Waals surface area contributed by atoms with Gasteiger partial charge in [-0.25, -0.2) is 18.7 Å². The van der Waals surface area contributed by atoms with Gasteiger partial charge in [0.15, 0.2) is 5.13 Å². The summed E-state index contributed by atoms with van der Waals surface area (Å²) >= 11 is 0.910. The van der Waals surface area contributed by atoms with Crippen molar-refractivity contribution >= 4 is 39.8 Å². The van der Waals surface area contributed by atoms with Crippen molar-refractivity contribution in [3.63, 3.8) is 0 Å². The van der Waals surface area contributed by atoms with Gasteiger partial charge < -0.3 is 16.4 Å². The Morgan fingerprint density at radius 2 is 1.86 bits per heavy atom. The molecule has 0 spiro atoms. The molecule has 28 heavy (non-hydrogen) atoms. The summed E-state index contributed by atoms with van der Waals surface area (Å²) in [7, 11) is 0. The highest BCUT2D eigenvalue weighted by atomic mass is 32.1. The van der Waals surface area contributed by atoms with Crippen molar-refractivity contribution in [1.29, 1.82) is 0 Å². The van der Waals surface area contributed by atoms with Crippen LogP contribution >= 0.6 is 11.3 Å². The SMILES string of the molecule is CCc1ccc(NC(=O)c2cc(NC(=O)c3cnc(N)s3)c(F)cc2F)nc1. The summed E-state index contributed by atoms with van der Waals surface area (Å²) in [5.41, 5.74) is 5.64. The maximum Gasteiger partial charge on any atom is 0.267 e. The van der Waals surface area contributed by atoms with Crippen molar-refractivity contribution in [3.8, 4) is 0 Å². The molecule has 10 heteroatoms. The summed E-state index contributed by atoms with van der Waals surface area (Å²) in [6.45, 7) is 1.96. The van der Waals surface area contributed by atoms with E-state index >= 15 is 0 Å². The molecule has 0 radical (unpaired) electrons. The number of hydrogen-bond donors (Lipinski definition) is 3. The molecule has 2 amide bonds. The van der Waals surface area contributed by atoms with E-state index in [0.29, 0.717) is 6.07 Å². The van der Waals surface area contributed by atoms with E-state index < -0.39 is 29.0 Å². The first-order valence-corrected chi connectivity index (χ1v) is 8.97. The largest absolute Gasteiger partial charge is 0.375 e. The molecule has 0 bridgehead atoms. The topological polar surface area (TPSA) is 110 Å². The van der Waals surface area contributed by atoms with Crippen molar-refractivity contribution in [2.24, 2.45) is 0 Å². The van der Waals surface area contributed by atoms with Crippen LogP contribution < -0.4 is 16.4 Å². The maximum atomic E-state index is 14.1. The number of nitrogens with zero attached hydrogens (tertiary/aromatic N) is 2. The molecule has 0 unspecified atom stereocenters. The average Bonchev–Trinajstić information content (AvgIpc) is 3.11. The first-order chi connectivity index (χ1) is 13.4. The molecule has 0 atom stereocenters. The highest BCUT2D eigenvalue weighted by molar-refractivity contribution is 7.17. The number of anilines is 3. The Bertz CT molecular complexity index is 1040. The van der Waals surface area contributed by atoms with E-state index in [4.69, 9.17) is 5.73 Å². The number of amides is 2. The molecule has 2 heterocycles. The fraction of sp³-hybridized carbons (Fsp3) is 0.111. The number of carbonyl (C=O) groups is 2. The van der Waals surface area contributed by atoms with Gasteiger partial charge in [-0.3, -0.25) is 9.59 Å². The molecule has 4 N–H and O–H groups in total. The van der Waals surface area contributed by atoms with Gasteiger partial charge in [0.25, 0.3) is 11.8 Å². The molecule has 0 aliphatic heterocycles.